The predicted molar refractivity (Wildman–Crippen MR) is 85.8 cm³/mol. The summed E-state index contributed by atoms with van der Waals surface area (Å²) in [6.07, 6.45) is 0.260. The van der Waals surface area contributed by atoms with Crippen molar-refractivity contribution >= 4 is 28.9 Å². The zero-order valence-electron chi connectivity index (χ0n) is 11.7. The predicted octanol–water partition coefficient (Wildman–Crippen LogP) is 3.64. The molecule has 5 heteroatoms. The number of aryl methyl sites for hydroxylation is 1. The molecule has 4 nitrogen and oxygen atoms in total. The van der Waals surface area contributed by atoms with Crippen LogP contribution in [-0.2, 0) is 4.79 Å². The van der Waals surface area contributed by atoms with E-state index in [-0.39, 0.29) is 12.3 Å². The topological polar surface area (TPSA) is 64.3 Å². The molecule has 0 aliphatic rings. The molecular weight excluding hydrogens is 288 g/mol. The van der Waals surface area contributed by atoms with Gasteiger partial charge in [-0.05, 0) is 42.8 Å². The number of nitrogens with two attached hydrogens (primary N) is 1. The van der Waals surface area contributed by atoms with E-state index in [1.54, 1.807) is 18.2 Å². The molecule has 0 bridgehead atoms. The van der Waals surface area contributed by atoms with Crippen LogP contribution in [0.4, 0.5) is 11.4 Å². The lowest BCUT2D eigenvalue weighted by Crippen LogP contribution is -2.15. The van der Waals surface area contributed by atoms with E-state index in [9.17, 15) is 4.79 Å². The third-order valence-corrected chi connectivity index (χ3v) is 3.21. The first-order chi connectivity index (χ1) is 10.0. The van der Waals surface area contributed by atoms with Gasteiger partial charge in [-0.3, -0.25) is 4.79 Å². The first kappa shape index (κ1) is 15.2. The second-order valence-electron chi connectivity index (χ2n) is 4.70. The number of carbonyl (C=O) groups excluding carboxylic acids is 1. The van der Waals surface area contributed by atoms with E-state index in [1.807, 2.05) is 31.2 Å². The largest absolute Gasteiger partial charge is 0.493 e. The van der Waals surface area contributed by atoms with Gasteiger partial charge in [0.25, 0.3) is 0 Å². The maximum atomic E-state index is 11.8. The van der Waals surface area contributed by atoms with Crippen LogP contribution >= 0.6 is 11.6 Å². The molecule has 0 aromatic heterocycles. The Bertz CT molecular complexity index is 644. The number of nitrogens with one attached hydrogen (secondary N) is 1. The van der Waals surface area contributed by atoms with Gasteiger partial charge in [0.1, 0.15) is 5.75 Å². The Morgan fingerprint density at radius 2 is 2.10 bits per heavy atom. The monoisotopic (exact) mass is 304 g/mol. The Hall–Kier alpha value is -2.20. The third-order valence-electron chi connectivity index (χ3n) is 2.87. The molecule has 2 aromatic carbocycles. The van der Waals surface area contributed by atoms with Gasteiger partial charge in [-0.25, -0.2) is 0 Å². The molecule has 0 aliphatic carbocycles. The van der Waals surface area contributed by atoms with Crippen molar-refractivity contribution in [1.82, 2.24) is 0 Å². The number of benzene rings is 2. The number of halogens is 1. The molecule has 2 rings (SSSR count). The van der Waals surface area contributed by atoms with Crippen molar-refractivity contribution in [2.75, 3.05) is 17.7 Å². The number of carbonyl (C=O) groups is 1. The fourth-order valence-corrected chi connectivity index (χ4v) is 1.93. The second-order valence-corrected chi connectivity index (χ2v) is 5.11. The molecule has 0 unspecified atom stereocenters. The minimum Gasteiger partial charge on any atom is -0.493 e. The van der Waals surface area contributed by atoms with Gasteiger partial charge >= 0.3 is 0 Å². The summed E-state index contributed by atoms with van der Waals surface area (Å²) in [6.45, 7) is 2.31. The Balaban J connectivity index is 1.81. The van der Waals surface area contributed by atoms with E-state index in [0.29, 0.717) is 23.0 Å². The van der Waals surface area contributed by atoms with Gasteiger partial charge in [0.15, 0.2) is 0 Å². The van der Waals surface area contributed by atoms with Crippen LogP contribution in [0.15, 0.2) is 42.5 Å². The molecule has 0 saturated carbocycles. The smallest absolute Gasteiger partial charge is 0.227 e. The summed E-state index contributed by atoms with van der Waals surface area (Å²) in [6, 6.07) is 12.7. The van der Waals surface area contributed by atoms with Crippen molar-refractivity contribution in [3.8, 4) is 5.75 Å². The Kier molecular flexibility index (Phi) is 5.06. The summed E-state index contributed by atoms with van der Waals surface area (Å²) < 4.78 is 5.53. The number of hydrogen-bond acceptors (Lipinski definition) is 3. The van der Waals surface area contributed by atoms with Gasteiger partial charge in [-0.2, -0.15) is 0 Å². The van der Waals surface area contributed by atoms with E-state index in [1.165, 1.54) is 0 Å². The van der Waals surface area contributed by atoms with Crippen LogP contribution in [-0.4, -0.2) is 12.5 Å². The van der Waals surface area contributed by atoms with Gasteiger partial charge in [0.05, 0.1) is 23.7 Å². The van der Waals surface area contributed by atoms with Crippen LogP contribution in [0.2, 0.25) is 5.02 Å². The lowest BCUT2D eigenvalue weighted by molar-refractivity contribution is -0.116. The average molecular weight is 305 g/mol. The van der Waals surface area contributed by atoms with Gasteiger partial charge in [0, 0.05) is 5.69 Å². The molecule has 0 heterocycles. The first-order valence-corrected chi connectivity index (χ1v) is 6.97. The van der Waals surface area contributed by atoms with E-state index < -0.39 is 0 Å². The van der Waals surface area contributed by atoms with Crippen molar-refractivity contribution in [1.29, 1.82) is 0 Å². The molecule has 0 aliphatic heterocycles. The van der Waals surface area contributed by atoms with Crippen molar-refractivity contribution < 1.29 is 9.53 Å². The quantitative estimate of drug-likeness (QED) is 0.829. The summed E-state index contributed by atoms with van der Waals surface area (Å²) >= 11 is 5.82. The number of amides is 1. The van der Waals surface area contributed by atoms with Crippen molar-refractivity contribution in [2.24, 2.45) is 0 Å². The molecule has 1 amide bonds. The Morgan fingerprint density at radius 3 is 2.81 bits per heavy atom. The fraction of sp³-hybridized carbons (Fsp3) is 0.188. The van der Waals surface area contributed by atoms with Crippen molar-refractivity contribution in [2.45, 2.75) is 13.3 Å². The molecule has 0 atom stereocenters. The molecule has 110 valence electrons. The van der Waals surface area contributed by atoms with Gasteiger partial charge < -0.3 is 15.8 Å². The van der Waals surface area contributed by atoms with Crippen LogP contribution in [0.5, 0.6) is 5.75 Å². The lowest BCUT2D eigenvalue weighted by atomic mass is 10.2. The SMILES string of the molecule is Cc1cccc(OCCC(=O)Nc2ccc(Cl)c(N)c2)c1. The second kappa shape index (κ2) is 6.99. The molecule has 2 aromatic rings. The van der Waals surface area contributed by atoms with Gasteiger partial charge in [0.2, 0.25) is 5.91 Å². The number of ether oxygens (including phenoxy) is 1. The lowest BCUT2D eigenvalue weighted by Gasteiger charge is -2.08. The Labute approximate surface area is 128 Å². The highest BCUT2D eigenvalue weighted by Crippen LogP contribution is 2.22. The standard InChI is InChI=1S/C16H17ClN2O2/c1-11-3-2-4-13(9-11)21-8-7-16(20)19-12-5-6-14(17)15(18)10-12/h2-6,9-10H,7-8,18H2,1H3,(H,19,20). The minimum absolute atomic E-state index is 0.135. The first-order valence-electron chi connectivity index (χ1n) is 6.59. The van der Waals surface area contributed by atoms with Crippen LogP contribution in [0.25, 0.3) is 0 Å². The van der Waals surface area contributed by atoms with E-state index in [0.717, 1.165) is 11.3 Å². The number of anilines is 2. The third kappa shape index (κ3) is 4.68. The van der Waals surface area contributed by atoms with E-state index in [4.69, 9.17) is 22.1 Å². The van der Waals surface area contributed by atoms with Crippen molar-refractivity contribution in [3.63, 3.8) is 0 Å². The molecule has 0 radical (unpaired) electrons. The van der Waals surface area contributed by atoms with Crippen LogP contribution < -0.4 is 15.8 Å². The normalized spacial score (nSPS) is 10.2. The fourth-order valence-electron chi connectivity index (χ4n) is 1.81. The summed E-state index contributed by atoms with van der Waals surface area (Å²) in [4.78, 5) is 11.8. The summed E-state index contributed by atoms with van der Waals surface area (Å²) in [7, 11) is 0. The van der Waals surface area contributed by atoms with E-state index in [2.05, 4.69) is 5.32 Å². The highest BCUT2D eigenvalue weighted by Gasteiger charge is 2.05. The van der Waals surface area contributed by atoms with Crippen molar-refractivity contribution in [3.05, 3.63) is 53.1 Å². The molecule has 21 heavy (non-hydrogen) atoms. The molecule has 0 saturated heterocycles. The zero-order valence-corrected chi connectivity index (χ0v) is 12.5. The van der Waals surface area contributed by atoms with Crippen LogP contribution in [0.1, 0.15) is 12.0 Å². The zero-order chi connectivity index (χ0) is 15.2. The summed E-state index contributed by atoms with van der Waals surface area (Å²) in [5.74, 6) is 0.628. The number of hydrogen-bond donors (Lipinski definition) is 2. The highest BCUT2D eigenvalue weighted by molar-refractivity contribution is 6.33. The average Bonchev–Trinajstić information content (AvgIpc) is 2.43. The summed E-state index contributed by atoms with van der Waals surface area (Å²) in [5.41, 5.74) is 7.86. The van der Waals surface area contributed by atoms with Gasteiger partial charge in [-0.15, -0.1) is 0 Å². The van der Waals surface area contributed by atoms with Crippen LogP contribution in [0, 0.1) is 6.92 Å². The maximum Gasteiger partial charge on any atom is 0.227 e. The van der Waals surface area contributed by atoms with E-state index >= 15 is 0 Å². The van der Waals surface area contributed by atoms with Crippen LogP contribution in [0.3, 0.4) is 0 Å². The Morgan fingerprint density at radius 1 is 1.29 bits per heavy atom. The minimum atomic E-state index is -0.135. The highest BCUT2D eigenvalue weighted by atomic mass is 35.5. The number of nitrogen functional groups attached to an aromatic ring is 1. The molecule has 3 N–H and O–H groups in total. The summed E-state index contributed by atoms with van der Waals surface area (Å²) in [5, 5.41) is 3.22. The molecule has 0 fully saturated rings. The number of rotatable bonds is 5. The maximum absolute atomic E-state index is 11.8. The van der Waals surface area contributed by atoms with Gasteiger partial charge in [-0.1, -0.05) is 23.7 Å². The molecular formula is C16H17ClN2O2. The molecule has 0 spiro atoms.